The molecule has 98 valence electrons. The highest BCUT2D eigenvalue weighted by atomic mass is 32.2. The molecule has 1 heterocycles. The topological polar surface area (TPSA) is 76.9 Å². The van der Waals surface area contributed by atoms with Gasteiger partial charge in [-0.25, -0.2) is 18.1 Å². The highest BCUT2D eigenvalue weighted by Crippen LogP contribution is 2.02. The molecule has 1 aromatic heterocycles. The number of hydrogen-bond acceptors (Lipinski definition) is 5. The molecule has 6 nitrogen and oxygen atoms in total. The van der Waals surface area contributed by atoms with Gasteiger partial charge in [0, 0.05) is 11.8 Å². The van der Waals surface area contributed by atoms with Crippen LogP contribution in [0.15, 0.2) is 6.33 Å². The number of nitrogens with zero attached hydrogens (tertiary/aromatic N) is 3. The molecule has 7 heteroatoms. The largest absolute Gasteiger partial charge is 0.305 e. The van der Waals surface area contributed by atoms with Crippen molar-refractivity contribution in [3.8, 4) is 0 Å². The Labute approximate surface area is 102 Å². The fourth-order valence-corrected chi connectivity index (χ4v) is 1.71. The summed E-state index contributed by atoms with van der Waals surface area (Å²) in [5, 5.41) is 7.31. The average molecular weight is 260 g/mol. The molecule has 1 rings (SSSR count). The molecule has 0 radical (unpaired) electrons. The fourth-order valence-electron chi connectivity index (χ4n) is 1.21. The normalized spacial score (nSPS) is 12.9. The molecule has 1 aromatic rings. The van der Waals surface area contributed by atoms with E-state index in [0.29, 0.717) is 13.1 Å². The molecule has 0 saturated heterocycles. The first-order valence-corrected chi connectivity index (χ1v) is 7.53. The van der Waals surface area contributed by atoms with Crippen LogP contribution in [-0.2, 0) is 22.9 Å². The number of rotatable bonds is 5. The lowest BCUT2D eigenvalue weighted by atomic mass is 10.1. The molecule has 0 unspecified atom stereocenters. The van der Waals surface area contributed by atoms with Crippen molar-refractivity contribution in [1.82, 2.24) is 20.1 Å². The molecule has 1 N–H and O–H groups in total. The first-order chi connectivity index (χ1) is 7.67. The molecular formula is C10H20N4O2S. The third-order valence-corrected chi connectivity index (χ3v) is 3.07. The van der Waals surface area contributed by atoms with Crippen molar-refractivity contribution in [2.75, 3.05) is 12.0 Å². The Bertz CT molecular complexity index is 459. The predicted molar refractivity (Wildman–Crippen MR) is 66.3 cm³/mol. The summed E-state index contributed by atoms with van der Waals surface area (Å²) in [6.45, 7) is 7.10. The van der Waals surface area contributed by atoms with Crippen LogP contribution in [0.3, 0.4) is 0 Å². The first-order valence-electron chi connectivity index (χ1n) is 5.47. The third kappa shape index (κ3) is 5.78. The molecule has 17 heavy (non-hydrogen) atoms. The van der Waals surface area contributed by atoms with Gasteiger partial charge in [0.15, 0.2) is 0 Å². The molecule has 0 spiro atoms. The van der Waals surface area contributed by atoms with E-state index in [1.54, 1.807) is 4.68 Å². The lowest BCUT2D eigenvalue weighted by Gasteiger charge is -2.20. The van der Waals surface area contributed by atoms with E-state index in [9.17, 15) is 8.42 Å². The fraction of sp³-hybridized carbons (Fsp3) is 0.800. The number of sulfone groups is 1. The third-order valence-electron chi connectivity index (χ3n) is 2.15. The van der Waals surface area contributed by atoms with E-state index in [0.717, 1.165) is 5.82 Å². The van der Waals surface area contributed by atoms with E-state index in [1.165, 1.54) is 12.6 Å². The van der Waals surface area contributed by atoms with Gasteiger partial charge in [0.2, 0.25) is 0 Å². The zero-order chi connectivity index (χ0) is 13.1. The Kier molecular flexibility index (Phi) is 4.26. The summed E-state index contributed by atoms with van der Waals surface area (Å²) in [7, 11) is -2.97. The van der Waals surface area contributed by atoms with E-state index >= 15 is 0 Å². The Morgan fingerprint density at radius 2 is 2.06 bits per heavy atom. The van der Waals surface area contributed by atoms with Crippen molar-refractivity contribution in [3.63, 3.8) is 0 Å². The summed E-state index contributed by atoms with van der Waals surface area (Å²) in [5.41, 5.74) is -0.00634. The van der Waals surface area contributed by atoms with Gasteiger partial charge in [0.25, 0.3) is 0 Å². The van der Waals surface area contributed by atoms with Crippen molar-refractivity contribution in [2.24, 2.45) is 0 Å². The van der Waals surface area contributed by atoms with Gasteiger partial charge >= 0.3 is 0 Å². The average Bonchev–Trinajstić information content (AvgIpc) is 2.56. The summed E-state index contributed by atoms with van der Waals surface area (Å²) in [5.74, 6) is 0.836. The second-order valence-electron chi connectivity index (χ2n) is 5.13. The molecule has 0 aliphatic rings. The van der Waals surface area contributed by atoms with Crippen LogP contribution in [0.2, 0.25) is 0 Å². The van der Waals surface area contributed by atoms with Crippen LogP contribution >= 0.6 is 0 Å². The molecule has 0 amide bonds. The van der Waals surface area contributed by atoms with Crippen LogP contribution in [0.25, 0.3) is 0 Å². The Balaban J connectivity index is 2.60. The van der Waals surface area contributed by atoms with E-state index in [-0.39, 0.29) is 11.3 Å². The minimum atomic E-state index is -2.97. The standard InChI is InChI=1S/C10H20N4O2S/c1-10(2,3)12-7-9-11-8-13-14(9)5-6-17(4,15)16/h8,12H,5-7H2,1-4H3. The van der Waals surface area contributed by atoms with Crippen LogP contribution < -0.4 is 5.32 Å². The zero-order valence-corrected chi connectivity index (χ0v) is 11.6. The predicted octanol–water partition coefficient (Wildman–Crippen LogP) is 0.211. The van der Waals surface area contributed by atoms with Gasteiger partial charge in [0.1, 0.15) is 22.0 Å². The van der Waals surface area contributed by atoms with E-state index in [2.05, 4.69) is 36.2 Å². The molecular weight excluding hydrogens is 240 g/mol. The quantitative estimate of drug-likeness (QED) is 0.819. The highest BCUT2D eigenvalue weighted by molar-refractivity contribution is 7.90. The van der Waals surface area contributed by atoms with Crippen LogP contribution in [0.1, 0.15) is 26.6 Å². The van der Waals surface area contributed by atoms with Gasteiger partial charge in [-0.2, -0.15) is 5.10 Å². The smallest absolute Gasteiger partial charge is 0.149 e. The van der Waals surface area contributed by atoms with Gasteiger partial charge in [-0.3, -0.25) is 0 Å². The maximum Gasteiger partial charge on any atom is 0.149 e. The van der Waals surface area contributed by atoms with Crippen LogP contribution in [-0.4, -0.2) is 40.7 Å². The second kappa shape index (κ2) is 5.14. The summed E-state index contributed by atoms with van der Waals surface area (Å²) >= 11 is 0. The van der Waals surface area contributed by atoms with Crippen molar-refractivity contribution < 1.29 is 8.42 Å². The van der Waals surface area contributed by atoms with Crippen molar-refractivity contribution in [3.05, 3.63) is 12.2 Å². The van der Waals surface area contributed by atoms with Crippen LogP contribution in [0.4, 0.5) is 0 Å². The van der Waals surface area contributed by atoms with E-state index < -0.39 is 9.84 Å². The number of aryl methyl sites for hydroxylation is 1. The molecule has 0 bridgehead atoms. The SMILES string of the molecule is CC(C)(C)NCc1ncnn1CCS(C)(=O)=O. The van der Waals surface area contributed by atoms with Crippen molar-refractivity contribution in [1.29, 1.82) is 0 Å². The monoisotopic (exact) mass is 260 g/mol. The van der Waals surface area contributed by atoms with E-state index in [1.807, 2.05) is 0 Å². The Morgan fingerprint density at radius 3 is 2.59 bits per heavy atom. The van der Waals surface area contributed by atoms with Gasteiger partial charge in [-0.05, 0) is 20.8 Å². The number of nitrogens with one attached hydrogen (secondary N) is 1. The summed E-state index contributed by atoms with van der Waals surface area (Å²) in [6, 6.07) is 0. The first kappa shape index (κ1) is 14.1. The summed E-state index contributed by atoms with van der Waals surface area (Å²) in [4.78, 5) is 4.11. The van der Waals surface area contributed by atoms with Crippen LogP contribution in [0.5, 0.6) is 0 Å². The maximum absolute atomic E-state index is 11.1. The Hall–Kier alpha value is -0.950. The van der Waals surface area contributed by atoms with Crippen molar-refractivity contribution in [2.45, 2.75) is 39.4 Å². The molecule has 0 aliphatic carbocycles. The number of hydrogen-bond donors (Lipinski definition) is 1. The minimum Gasteiger partial charge on any atom is -0.305 e. The van der Waals surface area contributed by atoms with E-state index in [4.69, 9.17) is 0 Å². The second-order valence-corrected chi connectivity index (χ2v) is 7.39. The van der Waals surface area contributed by atoms with Gasteiger partial charge in [-0.15, -0.1) is 0 Å². The minimum absolute atomic E-state index is 0.00634. The van der Waals surface area contributed by atoms with Crippen LogP contribution in [0, 0.1) is 0 Å². The van der Waals surface area contributed by atoms with Crippen molar-refractivity contribution >= 4 is 9.84 Å². The number of aromatic nitrogens is 3. The van der Waals surface area contributed by atoms with Gasteiger partial charge < -0.3 is 5.32 Å². The highest BCUT2D eigenvalue weighted by Gasteiger charge is 2.12. The van der Waals surface area contributed by atoms with Gasteiger partial charge in [-0.1, -0.05) is 0 Å². The molecule has 0 aliphatic heterocycles. The molecule has 0 aromatic carbocycles. The van der Waals surface area contributed by atoms with Gasteiger partial charge in [0.05, 0.1) is 18.8 Å². The maximum atomic E-state index is 11.1. The zero-order valence-electron chi connectivity index (χ0n) is 10.8. The lowest BCUT2D eigenvalue weighted by molar-refractivity contribution is 0.409. The molecule has 0 fully saturated rings. The lowest BCUT2D eigenvalue weighted by Crippen LogP contribution is -2.36. The Morgan fingerprint density at radius 1 is 1.41 bits per heavy atom. The summed E-state index contributed by atoms with van der Waals surface area (Å²) < 4.78 is 23.8. The molecule has 0 atom stereocenters. The summed E-state index contributed by atoms with van der Waals surface area (Å²) in [6.07, 6.45) is 2.67. The molecule has 0 saturated carbocycles.